The van der Waals surface area contributed by atoms with E-state index in [1.807, 2.05) is 0 Å². The molecule has 0 atom stereocenters. The predicted octanol–water partition coefficient (Wildman–Crippen LogP) is 1.46. The van der Waals surface area contributed by atoms with Crippen molar-refractivity contribution in [1.29, 1.82) is 0 Å². The molecule has 0 amide bonds. The van der Waals surface area contributed by atoms with E-state index in [0.29, 0.717) is 12.1 Å². The highest BCUT2D eigenvalue weighted by Crippen LogP contribution is 2.23. The van der Waals surface area contributed by atoms with Crippen LogP contribution in [0, 0.1) is 21.7 Å². The van der Waals surface area contributed by atoms with Gasteiger partial charge in [0.05, 0.1) is 16.7 Å². The third-order valence-corrected chi connectivity index (χ3v) is 1.24. The molecular weight excluding hydrogens is 170 g/mol. The monoisotopic (exact) mass is 174 g/mol. The highest BCUT2D eigenvalue weighted by atomic mass is 19.1. The summed E-state index contributed by atoms with van der Waals surface area (Å²) in [5, 5.41) is 10.1. The second-order valence-electron chi connectivity index (χ2n) is 2.09. The van der Waals surface area contributed by atoms with Gasteiger partial charge in [-0.25, -0.2) is 4.39 Å². The van der Waals surface area contributed by atoms with Gasteiger partial charge in [-0.3, -0.25) is 10.1 Å². The minimum absolute atomic E-state index is 0.478. The molecule has 0 bridgehead atoms. The lowest BCUT2D eigenvalue weighted by Gasteiger charge is -1.97. The second kappa shape index (κ2) is 2.72. The molecule has 0 unspecified atom stereocenters. The third kappa shape index (κ3) is 1.31. The number of hydrogen-bond donors (Lipinski definition) is 1. The van der Waals surface area contributed by atoms with Crippen LogP contribution in [0.4, 0.5) is 20.2 Å². The number of nitro benzene ring substituents is 1. The van der Waals surface area contributed by atoms with Crippen molar-refractivity contribution in [2.45, 2.75) is 0 Å². The molecule has 0 aliphatic carbocycles. The summed E-state index contributed by atoms with van der Waals surface area (Å²) in [6.07, 6.45) is 0. The molecule has 0 aromatic heterocycles. The fourth-order valence-electron chi connectivity index (χ4n) is 0.728. The first-order chi connectivity index (χ1) is 5.52. The molecule has 1 aromatic rings. The lowest BCUT2D eigenvalue weighted by Crippen LogP contribution is -1.98. The van der Waals surface area contributed by atoms with Crippen molar-refractivity contribution >= 4 is 11.4 Å². The summed E-state index contributed by atoms with van der Waals surface area (Å²) in [5.74, 6) is -2.14. The summed E-state index contributed by atoms with van der Waals surface area (Å²) in [7, 11) is 0. The molecule has 4 nitrogen and oxygen atoms in total. The molecule has 0 heterocycles. The molecule has 0 aliphatic rings. The van der Waals surface area contributed by atoms with Crippen molar-refractivity contribution < 1.29 is 13.7 Å². The Morgan fingerprint density at radius 3 is 2.50 bits per heavy atom. The van der Waals surface area contributed by atoms with E-state index in [1.54, 1.807) is 0 Å². The van der Waals surface area contributed by atoms with Gasteiger partial charge in [0.2, 0.25) is 5.82 Å². The average molecular weight is 174 g/mol. The molecule has 2 N–H and O–H groups in total. The minimum Gasteiger partial charge on any atom is -0.396 e. The lowest BCUT2D eigenvalue weighted by molar-refractivity contribution is -0.387. The van der Waals surface area contributed by atoms with Gasteiger partial charge in [0, 0.05) is 6.07 Å². The molecule has 0 spiro atoms. The SMILES string of the molecule is Nc1cc(F)cc([N+](=O)[O-])c1F. The Morgan fingerprint density at radius 2 is 2.00 bits per heavy atom. The van der Waals surface area contributed by atoms with Crippen molar-refractivity contribution in [2.24, 2.45) is 0 Å². The zero-order valence-corrected chi connectivity index (χ0v) is 5.75. The Kier molecular flexibility index (Phi) is 1.90. The lowest BCUT2D eigenvalue weighted by atomic mass is 10.2. The summed E-state index contributed by atoms with van der Waals surface area (Å²) in [6, 6.07) is 1.16. The molecular formula is C6H4F2N2O2. The van der Waals surface area contributed by atoms with E-state index in [9.17, 15) is 18.9 Å². The smallest absolute Gasteiger partial charge is 0.309 e. The van der Waals surface area contributed by atoms with Crippen LogP contribution in [0.3, 0.4) is 0 Å². The molecule has 12 heavy (non-hydrogen) atoms. The molecule has 0 saturated heterocycles. The highest BCUT2D eigenvalue weighted by Gasteiger charge is 2.18. The zero-order chi connectivity index (χ0) is 9.30. The summed E-state index contributed by atoms with van der Waals surface area (Å²) in [4.78, 5) is 9.04. The standard InChI is InChI=1S/C6H4F2N2O2/c7-3-1-4(9)6(8)5(2-3)10(11)12/h1-2H,9H2. The topological polar surface area (TPSA) is 69.2 Å². The van der Waals surface area contributed by atoms with Gasteiger partial charge in [-0.1, -0.05) is 0 Å². The van der Waals surface area contributed by atoms with Crippen molar-refractivity contribution in [3.8, 4) is 0 Å². The van der Waals surface area contributed by atoms with Gasteiger partial charge in [0.15, 0.2) is 0 Å². The minimum atomic E-state index is -1.21. The van der Waals surface area contributed by atoms with Crippen LogP contribution < -0.4 is 5.73 Å². The van der Waals surface area contributed by atoms with Crippen molar-refractivity contribution in [3.63, 3.8) is 0 Å². The number of nitro groups is 1. The second-order valence-corrected chi connectivity index (χ2v) is 2.09. The first-order valence-corrected chi connectivity index (χ1v) is 2.91. The van der Waals surface area contributed by atoms with E-state index < -0.39 is 27.9 Å². The maximum Gasteiger partial charge on any atom is 0.309 e. The molecule has 0 saturated carbocycles. The molecule has 1 rings (SSSR count). The average Bonchev–Trinajstić information content (AvgIpc) is 1.96. The number of nitrogens with two attached hydrogens (primary N) is 1. The van der Waals surface area contributed by atoms with Gasteiger partial charge in [-0.15, -0.1) is 0 Å². The van der Waals surface area contributed by atoms with Gasteiger partial charge in [-0.05, 0) is 0 Å². The fraction of sp³-hybridized carbons (Fsp3) is 0. The van der Waals surface area contributed by atoms with Crippen molar-refractivity contribution in [1.82, 2.24) is 0 Å². The number of anilines is 1. The number of halogens is 2. The van der Waals surface area contributed by atoms with E-state index in [0.717, 1.165) is 0 Å². The Hall–Kier alpha value is -1.72. The predicted molar refractivity (Wildman–Crippen MR) is 37.4 cm³/mol. The summed E-state index contributed by atoms with van der Waals surface area (Å²) < 4.78 is 25.1. The maximum atomic E-state index is 12.7. The van der Waals surface area contributed by atoms with E-state index in [1.165, 1.54) is 0 Å². The van der Waals surface area contributed by atoms with Crippen LogP contribution in [0.15, 0.2) is 12.1 Å². The van der Waals surface area contributed by atoms with Crippen LogP contribution in [0.25, 0.3) is 0 Å². The Labute approximate surface area is 65.8 Å². The van der Waals surface area contributed by atoms with Crippen LogP contribution in [0.5, 0.6) is 0 Å². The van der Waals surface area contributed by atoms with Gasteiger partial charge < -0.3 is 5.73 Å². The van der Waals surface area contributed by atoms with Crippen molar-refractivity contribution in [2.75, 3.05) is 5.73 Å². The highest BCUT2D eigenvalue weighted by molar-refractivity contribution is 5.49. The molecule has 0 aliphatic heterocycles. The van der Waals surface area contributed by atoms with Gasteiger partial charge in [0.25, 0.3) is 0 Å². The zero-order valence-electron chi connectivity index (χ0n) is 5.75. The van der Waals surface area contributed by atoms with Crippen LogP contribution >= 0.6 is 0 Å². The Morgan fingerprint density at radius 1 is 1.42 bits per heavy atom. The largest absolute Gasteiger partial charge is 0.396 e. The Bertz CT molecular complexity index is 341. The summed E-state index contributed by atoms with van der Waals surface area (Å²) in [6.45, 7) is 0. The van der Waals surface area contributed by atoms with Gasteiger partial charge >= 0.3 is 5.69 Å². The number of nitrogen functional groups attached to an aromatic ring is 1. The van der Waals surface area contributed by atoms with Crippen molar-refractivity contribution in [3.05, 3.63) is 33.9 Å². The van der Waals surface area contributed by atoms with Gasteiger partial charge in [-0.2, -0.15) is 4.39 Å². The molecule has 1 aromatic carbocycles. The molecule has 6 heteroatoms. The third-order valence-electron chi connectivity index (χ3n) is 1.24. The number of nitrogens with zero attached hydrogens (tertiary/aromatic N) is 1. The normalized spacial score (nSPS) is 9.83. The van der Waals surface area contributed by atoms with E-state index >= 15 is 0 Å². The Balaban J connectivity index is 3.37. The van der Waals surface area contributed by atoms with Crippen LogP contribution in [-0.2, 0) is 0 Å². The van der Waals surface area contributed by atoms with Crippen LogP contribution in [-0.4, -0.2) is 4.92 Å². The first-order valence-electron chi connectivity index (χ1n) is 2.91. The quantitative estimate of drug-likeness (QED) is 0.398. The van der Waals surface area contributed by atoms with E-state index in [-0.39, 0.29) is 0 Å². The maximum absolute atomic E-state index is 12.7. The number of rotatable bonds is 1. The molecule has 0 radical (unpaired) electrons. The van der Waals surface area contributed by atoms with E-state index in [2.05, 4.69) is 0 Å². The fourth-order valence-corrected chi connectivity index (χ4v) is 0.728. The molecule has 64 valence electrons. The summed E-state index contributed by atoms with van der Waals surface area (Å²) >= 11 is 0. The number of hydrogen-bond acceptors (Lipinski definition) is 3. The summed E-state index contributed by atoms with van der Waals surface area (Å²) in [5.41, 5.74) is 3.42. The van der Waals surface area contributed by atoms with Gasteiger partial charge in [0.1, 0.15) is 5.82 Å². The van der Waals surface area contributed by atoms with Crippen LogP contribution in [0.2, 0.25) is 0 Å². The number of benzene rings is 1. The molecule has 0 fully saturated rings. The first kappa shape index (κ1) is 8.38. The van der Waals surface area contributed by atoms with E-state index in [4.69, 9.17) is 5.73 Å². The van der Waals surface area contributed by atoms with Crippen LogP contribution in [0.1, 0.15) is 0 Å².